The van der Waals surface area contributed by atoms with E-state index in [1.807, 2.05) is 0 Å². The van der Waals surface area contributed by atoms with Crippen LogP contribution in [-0.2, 0) is 19.6 Å². The van der Waals surface area contributed by atoms with Gasteiger partial charge in [-0.05, 0) is 25.7 Å². The fraction of sp³-hybridized carbons (Fsp3) is 0.846. The monoisotopic (exact) mass is 318 g/mol. The number of rotatable bonds is 3. The molecule has 2 saturated heterocycles. The number of carboxylic acids is 1. The summed E-state index contributed by atoms with van der Waals surface area (Å²) in [4.78, 5) is 25.2. The number of carboxylic acid groups (broad SMARTS) is 1. The van der Waals surface area contributed by atoms with E-state index in [0.717, 1.165) is 19.1 Å². The highest BCUT2D eigenvalue weighted by atomic mass is 32.2. The van der Waals surface area contributed by atoms with Gasteiger partial charge in [0.2, 0.25) is 15.9 Å². The predicted octanol–water partition coefficient (Wildman–Crippen LogP) is 0.124. The molecule has 120 valence electrons. The summed E-state index contributed by atoms with van der Waals surface area (Å²) in [7, 11) is -3.42. The van der Waals surface area contributed by atoms with E-state index in [1.54, 1.807) is 0 Å². The Hall–Kier alpha value is -1.15. The third-order valence-electron chi connectivity index (χ3n) is 4.25. The number of amides is 1. The average molecular weight is 318 g/mol. The molecule has 2 rings (SSSR count). The predicted molar refractivity (Wildman–Crippen MR) is 76.1 cm³/mol. The lowest BCUT2D eigenvalue weighted by molar-refractivity contribution is -0.147. The molecule has 0 aromatic rings. The molecule has 2 aliphatic rings. The van der Waals surface area contributed by atoms with Crippen LogP contribution in [0, 0.1) is 5.92 Å². The molecule has 0 spiro atoms. The third-order valence-corrected chi connectivity index (χ3v) is 5.54. The molecule has 21 heavy (non-hydrogen) atoms. The molecule has 0 aromatic carbocycles. The number of likely N-dealkylation sites (tertiary alicyclic amines) is 1. The quantitative estimate of drug-likeness (QED) is 0.798. The topological polar surface area (TPSA) is 95.0 Å². The SMILES string of the molecule is CS(=O)(=O)N1CCCCC1C(=O)N1CCCC(C(=O)O)C1. The van der Waals surface area contributed by atoms with Gasteiger partial charge in [0, 0.05) is 19.6 Å². The number of carbonyl (C=O) groups is 2. The Morgan fingerprint density at radius 1 is 1.10 bits per heavy atom. The molecule has 2 heterocycles. The second-order valence-electron chi connectivity index (χ2n) is 5.85. The van der Waals surface area contributed by atoms with Gasteiger partial charge in [-0.25, -0.2) is 8.42 Å². The maximum Gasteiger partial charge on any atom is 0.308 e. The smallest absolute Gasteiger partial charge is 0.308 e. The van der Waals surface area contributed by atoms with Crippen molar-refractivity contribution in [2.75, 3.05) is 25.9 Å². The molecule has 2 aliphatic heterocycles. The zero-order valence-electron chi connectivity index (χ0n) is 12.2. The Kier molecular flexibility index (Phi) is 4.88. The Bertz CT molecular complexity index is 519. The summed E-state index contributed by atoms with van der Waals surface area (Å²) in [5.41, 5.74) is 0. The number of hydrogen-bond donors (Lipinski definition) is 1. The zero-order valence-corrected chi connectivity index (χ0v) is 13.0. The van der Waals surface area contributed by atoms with Crippen LogP contribution in [0.3, 0.4) is 0 Å². The molecule has 0 radical (unpaired) electrons. The van der Waals surface area contributed by atoms with Crippen molar-refractivity contribution in [2.24, 2.45) is 5.92 Å². The number of hydrogen-bond acceptors (Lipinski definition) is 4. The van der Waals surface area contributed by atoms with Crippen molar-refractivity contribution in [1.29, 1.82) is 0 Å². The van der Waals surface area contributed by atoms with Gasteiger partial charge in [0.05, 0.1) is 12.2 Å². The van der Waals surface area contributed by atoms with Crippen LogP contribution >= 0.6 is 0 Å². The van der Waals surface area contributed by atoms with E-state index < -0.39 is 28.0 Å². The maximum absolute atomic E-state index is 12.6. The van der Waals surface area contributed by atoms with E-state index >= 15 is 0 Å². The Morgan fingerprint density at radius 3 is 2.43 bits per heavy atom. The van der Waals surface area contributed by atoms with Crippen LogP contribution in [-0.4, -0.2) is 66.5 Å². The number of sulfonamides is 1. The molecular weight excluding hydrogens is 296 g/mol. The van der Waals surface area contributed by atoms with E-state index in [2.05, 4.69) is 0 Å². The summed E-state index contributed by atoms with van der Waals surface area (Å²) in [5, 5.41) is 9.09. The fourth-order valence-electron chi connectivity index (χ4n) is 3.14. The van der Waals surface area contributed by atoms with Crippen LogP contribution in [0.25, 0.3) is 0 Å². The second kappa shape index (κ2) is 6.31. The highest BCUT2D eigenvalue weighted by Crippen LogP contribution is 2.24. The van der Waals surface area contributed by atoms with E-state index in [4.69, 9.17) is 5.11 Å². The highest BCUT2D eigenvalue weighted by Gasteiger charge is 2.38. The van der Waals surface area contributed by atoms with Crippen molar-refractivity contribution >= 4 is 21.9 Å². The minimum absolute atomic E-state index is 0.183. The van der Waals surface area contributed by atoms with E-state index in [-0.39, 0.29) is 12.5 Å². The van der Waals surface area contributed by atoms with Gasteiger partial charge in [0.25, 0.3) is 0 Å². The van der Waals surface area contributed by atoms with Gasteiger partial charge in [-0.1, -0.05) is 6.42 Å². The normalized spacial score (nSPS) is 28.3. The summed E-state index contributed by atoms with van der Waals surface area (Å²) < 4.78 is 24.9. The van der Waals surface area contributed by atoms with Gasteiger partial charge in [0.15, 0.2) is 0 Å². The molecule has 7 nitrogen and oxygen atoms in total. The number of nitrogens with zero attached hydrogens (tertiary/aromatic N) is 2. The molecule has 1 amide bonds. The summed E-state index contributed by atoms with van der Waals surface area (Å²) in [6, 6.07) is -0.665. The fourth-order valence-corrected chi connectivity index (χ4v) is 4.26. The molecule has 2 unspecified atom stereocenters. The largest absolute Gasteiger partial charge is 0.481 e. The van der Waals surface area contributed by atoms with Gasteiger partial charge < -0.3 is 10.0 Å². The maximum atomic E-state index is 12.6. The summed E-state index contributed by atoms with van der Waals surface area (Å²) >= 11 is 0. The molecule has 0 saturated carbocycles. The lowest BCUT2D eigenvalue weighted by Crippen LogP contribution is -2.54. The first kappa shape index (κ1) is 16.2. The van der Waals surface area contributed by atoms with Gasteiger partial charge in [-0.15, -0.1) is 0 Å². The van der Waals surface area contributed by atoms with Gasteiger partial charge in [-0.2, -0.15) is 4.31 Å². The van der Waals surface area contributed by atoms with E-state index in [1.165, 1.54) is 9.21 Å². The van der Waals surface area contributed by atoms with Gasteiger partial charge in [-0.3, -0.25) is 9.59 Å². The van der Waals surface area contributed by atoms with Crippen molar-refractivity contribution in [1.82, 2.24) is 9.21 Å². The summed E-state index contributed by atoms with van der Waals surface area (Å²) in [5.74, 6) is -1.68. The number of piperidine rings is 2. The standard InChI is InChI=1S/C13H22N2O5S/c1-21(19,20)15-8-3-2-6-11(15)12(16)14-7-4-5-10(9-14)13(17)18/h10-11H,2-9H2,1H3,(H,17,18). The Labute approximate surface area is 125 Å². The van der Waals surface area contributed by atoms with Crippen molar-refractivity contribution in [2.45, 2.75) is 38.1 Å². The lowest BCUT2D eigenvalue weighted by Gasteiger charge is -2.38. The first-order chi connectivity index (χ1) is 9.80. The van der Waals surface area contributed by atoms with Crippen molar-refractivity contribution in [3.63, 3.8) is 0 Å². The van der Waals surface area contributed by atoms with E-state index in [9.17, 15) is 18.0 Å². The first-order valence-electron chi connectivity index (χ1n) is 7.29. The van der Waals surface area contributed by atoms with Crippen molar-refractivity contribution in [3.8, 4) is 0 Å². The van der Waals surface area contributed by atoms with Crippen LogP contribution in [0.5, 0.6) is 0 Å². The number of aliphatic carboxylic acids is 1. The van der Waals surface area contributed by atoms with Gasteiger partial charge >= 0.3 is 5.97 Å². The number of carbonyl (C=O) groups excluding carboxylic acids is 1. The molecule has 0 aromatic heterocycles. The Balaban J connectivity index is 2.12. The molecule has 0 bridgehead atoms. The third kappa shape index (κ3) is 3.74. The Morgan fingerprint density at radius 2 is 1.81 bits per heavy atom. The molecule has 2 atom stereocenters. The summed E-state index contributed by atoms with van der Waals surface area (Å²) in [6.45, 7) is 1.06. The van der Waals surface area contributed by atoms with Crippen molar-refractivity contribution in [3.05, 3.63) is 0 Å². The molecule has 8 heteroatoms. The zero-order chi connectivity index (χ0) is 15.6. The second-order valence-corrected chi connectivity index (χ2v) is 7.78. The van der Waals surface area contributed by atoms with Crippen LogP contribution in [0.1, 0.15) is 32.1 Å². The summed E-state index contributed by atoms with van der Waals surface area (Å²) in [6.07, 6.45) is 4.43. The lowest BCUT2D eigenvalue weighted by atomic mass is 9.96. The van der Waals surface area contributed by atoms with Crippen LogP contribution in [0.2, 0.25) is 0 Å². The van der Waals surface area contributed by atoms with E-state index in [0.29, 0.717) is 32.4 Å². The molecular formula is C13H22N2O5S. The minimum Gasteiger partial charge on any atom is -0.481 e. The molecule has 0 aliphatic carbocycles. The van der Waals surface area contributed by atoms with Crippen LogP contribution in [0.15, 0.2) is 0 Å². The van der Waals surface area contributed by atoms with Crippen molar-refractivity contribution < 1.29 is 23.1 Å². The average Bonchev–Trinajstić information content (AvgIpc) is 2.45. The molecule has 1 N–H and O–H groups in total. The van der Waals surface area contributed by atoms with Gasteiger partial charge in [0.1, 0.15) is 6.04 Å². The van der Waals surface area contributed by atoms with Crippen LogP contribution in [0.4, 0.5) is 0 Å². The van der Waals surface area contributed by atoms with Crippen LogP contribution < -0.4 is 0 Å². The molecule has 2 fully saturated rings. The minimum atomic E-state index is -3.42. The highest BCUT2D eigenvalue weighted by molar-refractivity contribution is 7.88. The first-order valence-corrected chi connectivity index (χ1v) is 9.14.